The van der Waals surface area contributed by atoms with Crippen LogP contribution in [0.15, 0.2) is 48.5 Å². The molecule has 156 valence electrons. The predicted octanol–water partition coefficient (Wildman–Crippen LogP) is 3.29. The molecule has 1 atom stereocenters. The highest BCUT2D eigenvalue weighted by atomic mass is 19.1. The average Bonchev–Trinajstić information content (AvgIpc) is 3.59. The molecule has 0 spiro atoms. The van der Waals surface area contributed by atoms with Gasteiger partial charge in [0.05, 0.1) is 0 Å². The number of carbonyl (C=O) groups excluding carboxylic acids is 1. The minimum absolute atomic E-state index is 0.00840. The molecule has 3 N–H and O–H groups in total. The van der Waals surface area contributed by atoms with Gasteiger partial charge in [-0.1, -0.05) is 42.5 Å². The number of halogens is 1. The van der Waals surface area contributed by atoms with Crippen molar-refractivity contribution < 1.29 is 9.18 Å². The van der Waals surface area contributed by atoms with E-state index < -0.39 is 0 Å². The summed E-state index contributed by atoms with van der Waals surface area (Å²) in [6.07, 6.45) is 4.81. The second kappa shape index (κ2) is 10.5. The fraction of sp³-hybridized carbons (Fsp3) is 0.458. The third kappa shape index (κ3) is 6.65. The third-order valence-corrected chi connectivity index (χ3v) is 5.66. The van der Waals surface area contributed by atoms with Gasteiger partial charge in [0.25, 0.3) is 0 Å². The Labute approximate surface area is 173 Å². The minimum Gasteiger partial charge on any atom is -0.359 e. The third-order valence-electron chi connectivity index (χ3n) is 5.66. The topological polar surface area (TPSA) is 58.4 Å². The van der Waals surface area contributed by atoms with Crippen LogP contribution >= 0.6 is 0 Å². The highest BCUT2D eigenvalue weighted by Crippen LogP contribution is 2.28. The average molecular weight is 398 g/mol. The van der Waals surface area contributed by atoms with E-state index in [4.69, 9.17) is 5.73 Å². The Morgan fingerprint density at radius 3 is 2.52 bits per heavy atom. The van der Waals surface area contributed by atoms with E-state index in [-0.39, 0.29) is 17.8 Å². The van der Waals surface area contributed by atoms with E-state index in [1.54, 1.807) is 13.1 Å². The molecule has 2 aliphatic rings. The molecular formula is C24H32FN3O. The number of nitrogens with zero attached hydrogens (tertiary/aromatic N) is 1. The molecule has 1 saturated carbocycles. The minimum atomic E-state index is -0.148. The van der Waals surface area contributed by atoms with Gasteiger partial charge in [-0.2, -0.15) is 0 Å². The molecule has 0 saturated heterocycles. The number of carbonyl (C=O) groups is 1. The Morgan fingerprint density at radius 2 is 1.86 bits per heavy atom. The van der Waals surface area contributed by atoms with Gasteiger partial charge in [-0.25, -0.2) is 4.39 Å². The van der Waals surface area contributed by atoms with Crippen LogP contribution in [0.5, 0.6) is 0 Å². The Morgan fingerprint density at radius 1 is 1.17 bits per heavy atom. The van der Waals surface area contributed by atoms with Crippen LogP contribution in [0.25, 0.3) is 0 Å². The number of nitrogens with two attached hydrogens (primary N) is 1. The molecule has 0 unspecified atom stereocenters. The number of amides is 1. The van der Waals surface area contributed by atoms with Gasteiger partial charge in [-0.3, -0.25) is 9.69 Å². The smallest absolute Gasteiger partial charge is 0.222 e. The van der Waals surface area contributed by atoms with Crippen LogP contribution in [-0.4, -0.2) is 37.0 Å². The van der Waals surface area contributed by atoms with Crippen LogP contribution in [-0.2, 0) is 24.2 Å². The number of hydrogen-bond donors (Lipinski definition) is 2. The fourth-order valence-corrected chi connectivity index (χ4v) is 3.69. The number of fused-ring (bicyclic) bond motifs is 1. The molecule has 1 fully saturated rings. The molecule has 1 aliphatic carbocycles. The van der Waals surface area contributed by atoms with Crippen molar-refractivity contribution in [3.63, 3.8) is 0 Å². The van der Waals surface area contributed by atoms with Gasteiger partial charge >= 0.3 is 0 Å². The molecule has 1 heterocycles. The summed E-state index contributed by atoms with van der Waals surface area (Å²) in [5.41, 5.74) is 9.81. The lowest BCUT2D eigenvalue weighted by Crippen LogP contribution is -2.35. The summed E-state index contributed by atoms with van der Waals surface area (Å²) in [6.45, 7) is 3.07. The summed E-state index contributed by atoms with van der Waals surface area (Å²) >= 11 is 0. The summed E-state index contributed by atoms with van der Waals surface area (Å²) in [6, 6.07) is 15.6. The highest BCUT2D eigenvalue weighted by Gasteiger charge is 2.28. The molecule has 0 radical (unpaired) electrons. The van der Waals surface area contributed by atoms with Crippen molar-refractivity contribution in [3.05, 3.63) is 71.0 Å². The van der Waals surface area contributed by atoms with E-state index in [0.29, 0.717) is 12.3 Å². The number of nitrogens with one attached hydrogen (secondary N) is 1. The summed E-state index contributed by atoms with van der Waals surface area (Å²) in [5, 5.41) is 2.59. The van der Waals surface area contributed by atoms with Crippen molar-refractivity contribution in [2.24, 2.45) is 11.7 Å². The summed E-state index contributed by atoms with van der Waals surface area (Å²) in [4.78, 5) is 12.9. The monoisotopic (exact) mass is 397 g/mol. The molecule has 4 nitrogen and oxygen atoms in total. The van der Waals surface area contributed by atoms with E-state index >= 15 is 0 Å². The molecule has 2 aromatic rings. The van der Waals surface area contributed by atoms with E-state index in [9.17, 15) is 9.18 Å². The van der Waals surface area contributed by atoms with Gasteiger partial charge in [-0.15, -0.1) is 0 Å². The van der Waals surface area contributed by atoms with Crippen molar-refractivity contribution in [2.45, 2.75) is 44.7 Å². The second-order valence-electron chi connectivity index (χ2n) is 8.03. The predicted molar refractivity (Wildman–Crippen MR) is 115 cm³/mol. The molecule has 1 amide bonds. The summed E-state index contributed by atoms with van der Waals surface area (Å²) in [5.74, 6) is 0.426. The van der Waals surface area contributed by atoms with Crippen molar-refractivity contribution in [1.82, 2.24) is 10.2 Å². The Hall–Kier alpha value is -2.24. The Balaban J connectivity index is 0.000000290. The van der Waals surface area contributed by atoms with Crippen molar-refractivity contribution in [3.8, 4) is 0 Å². The van der Waals surface area contributed by atoms with E-state index in [1.807, 2.05) is 12.1 Å². The van der Waals surface area contributed by atoms with Gasteiger partial charge in [0.2, 0.25) is 5.91 Å². The standard InChI is InChI=1S/C19H23FN2.C5H9NO/c20-19-8-4-3-6-16(19)13-18(21)10-12-22-11-9-15-5-1-2-7-17(15)14-22;1-6-5(7)4-2-3-4/h1-8,18H,9-14,21H2;4H,2-3H2,1H3,(H,6,7)/t18-;/m0./s1. The largest absolute Gasteiger partial charge is 0.359 e. The molecule has 0 aromatic heterocycles. The van der Waals surface area contributed by atoms with Crippen LogP contribution in [0.3, 0.4) is 0 Å². The van der Waals surface area contributed by atoms with Gasteiger partial charge in [-0.05, 0) is 61.4 Å². The summed E-state index contributed by atoms with van der Waals surface area (Å²) < 4.78 is 13.6. The Kier molecular flexibility index (Phi) is 7.78. The van der Waals surface area contributed by atoms with E-state index in [0.717, 1.165) is 50.9 Å². The first-order chi connectivity index (χ1) is 14.1. The number of benzene rings is 2. The van der Waals surface area contributed by atoms with Crippen LogP contribution < -0.4 is 11.1 Å². The first-order valence-corrected chi connectivity index (χ1v) is 10.6. The molecule has 5 heteroatoms. The molecule has 4 rings (SSSR count). The van der Waals surface area contributed by atoms with E-state index in [2.05, 4.69) is 34.5 Å². The zero-order chi connectivity index (χ0) is 20.6. The maximum absolute atomic E-state index is 13.6. The van der Waals surface area contributed by atoms with Crippen molar-refractivity contribution in [2.75, 3.05) is 20.1 Å². The van der Waals surface area contributed by atoms with Gasteiger partial charge in [0.15, 0.2) is 0 Å². The first kappa shape index (κ1) is 21.5. The fourth-order valence-electron chi connectivity index (χ4n) is 3.69. The van der Waals surface area contributed by atoms with Crippen molar-refractivity contribution in [1.29, 1.82) is 0 Å². The SMILES string of the molecule is CNC(=O)C1CC1.N[C@@H](CCN1CCc2ccccc2C1)Cc1ccccc1F. The highest BCUT2D eigenvalue weighted by molar-refractivity contribution is 5.80. The van der Waals surface area contributed by atoms with Crippen LogP contribution in [0.4, 0.5) is 4.39 Å². The lowest BCUT2D eigenvalue weighted by Gasteiger charge is -2.29. The summed E-state index contributed by atoms with van der Waals surface area (Å²) in [7, 11) is 1.68. The lowest BCUT2D eigenvalue weighted by atomic mass is 9.99. The number of rotatable bonds is 6. The second-order valence-corrected chi connectivity index (χ2v) is 8.03. The molecular weight excluding hydrogens is 365 g/mol. The van der Waals surface area contributed by atoms with Gasteiger partial charge in [0, 0.05) is 32.1 Å². The molecule has 2 aromatic carbocycles. The lowest BCUT2D eigenvalue weighted by molar-refractivity contribution is -0.121. The zero-order valence-electron chi connectivity index (χ0n) is 17.2. The quantitative estimate of drug-likeness (QED) is 0.786. The zero-order valence-corrected chi connectivity index (χ0v) is 17.2. The molecule has 29 heavy (non-hydrogen) atoms. The van der Waals surface area contributed by atoms with Crippen LogP contribution in [0.1, 0.15) is 36.0 Å². The first-order valence-electron chi connectivity index (χ1n) is 10.6. The molecule has 0 bridgehead atoms. The normalized spacial score (nSPS) is 16.9. The van der Waals surface area contributed by atoms with E-state index in [1.165, 1.54) is 17.2 Å². The maximum atomic E-state index is 13.6. The number of hydrogen-bond acceptors (Lipinski definition) is 3. The van der Waals surface area contributed by atoms with Gasteiger partial charge < -0.3 is 11.1 Å². The van der Waals surface area contributed by atoms with Crippen LogP contribution in [0, 0.1) is 11.7 Å². The molecule has 1 aliphatic heterocycles. The Bertz CT molecular complexity index is 806. The maximum Gasteiger partial charge on any atom is 0.222 e. The van der Waals surface area contributed by atoms with Crippen molar-refractivity contribution >= 4 is 5.91 Å². The van der Waals surface area contributed by atoms with Gasteiger partial charge in [0.1, 0.15) is 5.82 Å². The van der Waals surface area contributed by atoms with Crippen LogP contribution in [0.2, 0.25) is 0 Å².